The number of hydrogen-bond acceptors (Lipinski definition) is 4. The van der Waals surface area contributed by atoms with Gasteiger partial charge < -0.3 is 15.7 Å². The van der Waals surface area contributed by atoms with E-state index in [2.05, 4.69) is 10.6 Å². The number of alkyl halides is 3. The number of aryl methyl sites for hydroxylation is 1. The van der Waals surface area contributed by atoms with Crippen LogP contribution >= 0.6 is 0 Å². The van der Waals surface area contributed by atoms with Gasteiger partial charge in [-0.3, -0.25) is 9.59 Å². The monoisotopic (exact) mass is 419 g/mol. The smallest absolute Gasteiger partial charge is 0.380 e. The molecule has 0 spiro atoms. The van der Waals surface area contributed by atoms with Crippen molar-refractivity contribution in [2.24, 2.45) is 0 Å². The summed E-state index contributed by atoms with van der Waals surface area (Å²) < 4.78 is 39.3. The second kappa shape index (κ2) is 8.55. The predicted octanol–water partition coefficient (Wildman–Crippen LogP) is 3.78. The highest BCUT2D eigenvalue weighted by atomic mass is 19.4. The van der Waals surface area contributed by atoms with E-state index in [1.807, 2.05) is 0 Å². The number of anilines is 2. The lowest BCUT2D eigenvalue weighted by Crippen LogP contribution is -2.42. The first-order chi connectivity index (χ1) is 13.8. The molecule has 2 aromatic rings. The number of carbonyl (C=O) groups is 2. The minimum atomic E-state index is -4.76. The second-order valence-electron chi connectivity index (χ2n) is 7.10. The molecule has 0 saturated heterocycles. The van der Waals surface area contributed by atoms with Crippen LogP contribution in [0.5, 0.6) is 0 Å². The van der Waals surface area contributed by atoms with Gasteiger partial charge >= 0.3 is 6.18 Å². The van der Waals surface area contributed by atoms with Gasteiger partial charge in [0, 0.05) is 24.7 Å². The number of hydrogen-bond donors (Lipinski definition) is 3. The lowest BCUT2D eigenvalue weighted by Gasteiger charge is -2.24. The zero-order valence-electron chi connectivity index (χ0n) is 16.5. The van der Waals surface area contributed by atoms with Crippen molar-refractivity contribution in [3.63, 3.8) is 0 Å². The first-order valence-corrected chi connectivity index (χ1v) is 8.86. The van der Waals surface area contributed by atoms with E-state index in [9.17, 15) is 27.9 Å². The van der Waals surface area contributed by atoms with Crippen molar-refractivity contribution in [2.75, 3.05) is 10.6 Å². The molecule has 9 heteroatoms. The highest BCUT2D eigenvalue weighted by Gasteiger charge is 2.35. The van der Waals surface area contributed by atoms with Gasteiger partial charge in [0.25, 0.3) is 5.91 Å². The average molecular weight is 419 g/mol. The zero-order chi connectivity index (χ0) is 22.7. The molecule has 0 aromatic heterocycles. The molecule has 0 aliphatic carbocycles. The van der Waals surface area contributed by atoms with Gasteiger partial charge in [-0.05, 0) is 55.3 Å². The molecule has 1 unspecified atom stereocenters. The number of rotatable bonds is 5. The number of nitrogens with zero attached hydrogens (tertiary/aromatic N) is 1. The number of halogens is 3. The molecular formula is C21H20F3N3O3. The number of benzene rings is 2. The minimum absolute atomic E-state index is 0.104. The van der Waals surface area contributed by atoms with Crippen molar-refractivity contribution in [1.29, 1.82) is 5.26 Å². The fourth-order valence-corrected chi connectivity index (χ4v) is 2.85. The molecule has 0 bridgehead atoms. The maximum absolute atomic E-state index is 13.1. The van der Waals surface area contributed by atoms with Gasteiger partial charge in [-0.25, -0.2) is 0 Å². The van der Waals surface area contributed by atoms with Crippen LogP contribution in [-0.2, 0) is 22.2 Å². The topological polar surface area (TPSA) is 102 Å². The van der Waals surface area contributed by atoms with E-state index in [1.54, 1.807) is 25.1 Å². The van der Waals surface area contributed by atoms with Crippen LogP contribution in [0.3, 0.4) is 0 Å². The van der Waals surface area contributed by atoms with Crippen molar-refractivity contribution in [3.8, 4) is 6.07 Å². The van der Waals surface area contributed by atoms with Crippen LogP contribution in [0.15, 0.2) is 36.4 Å². The molecule has 2 aromatic carbocycles. The molecule has 3 N–H and O–H groups in total. The SMILES string of the molecule is CC(=O)Nc1ccc(CC(C)(O)C(=O)Nc2ccc(C#N)c(C(F)(F)F)c2)c(C)c1. The first kappa shape index (κ1) is 22.9. The van der Waals surface area contributed by atoms with E-state index in [4.69, 9.17) is 5.26 Å². The fraction of sp³-hybridized carbons (Fsp3) is 0.286. The Balaban J connectivity index is 2.21. The third-order valence-electron chi connectivity index (χ3n) is 4.39. The fourth-order valence-electron chi connectivity index (χ4n) is 2.85. The van der Waals surface area contributed by atoms with Gasteiger partial charge in [0.15, 0.2) is 0 Å². The summed E-state index contributed by atoms with van der Waals surface area (Å²) in [6.07, 6.45) is -4.87. The Hall–Kier alpha value is -3.38. The van der Waals surface area contributed by atoms with E-state index < -0.39 is 28.8 Å². The van der Waals surface area contributed by atoms with Crippen molar-refractivity contribution < 1.29 is 27.9 Å². The standard InChI is InChI=1S/C21H20F3N3O3/c1-12-8-16(26-13(2)28)6-4-14(12)10-20(3,30)19(29)27-17-7-5-15(11-25)18(9-17)21(22,23)24/h4-9,30H,10H2,1-3H3,(H,26,28)(H,27,29). The highest BCUT2D eigenvalue weighted by Crippen LogP contribution is 2.33. The first-order valence-electron chi connectivity index (χ1n) is 8.86. The van der Waals surface area contributed by atoms with Gasteiger partial charge in [-0.15, -0.1) is 0 Å². The summed E-state index contributed by atoms with van der Waals surface area (Å²) in [6.45, 7) is 4.36. The summed E-state index contributed by atoms with van der Waals surface area (Å²) in [7, 11) is 0. The molecule has 6 nitrogen and oxygen atoms in total. The highest BCUT2D eigenvalue weighted by molar-refractivity contribution is 5.97. The molecule has 0 aliphatic rings. The zero-order valence-corrected chi connectivity index (χ0v) is 16.5. The van der Waals surface area contributed by atoms with Crippen molar-refractivity contribution >= 4 is 23.2 Å². The minimum Gasteiger partial charge on any atom is -0.380 e. The molecule has 158 valence electrons. The summed E-state index contributed by atoms with van der Waals surface area (Å²) in [5, 5.41) is 24.3. The Labute approximate surface area is 171 Å². The molecule has 1 atom stereocenters. The van der Waals surface area contributed by atoms with Crippen molar-refractivity contribution in [3.05, 3.63) is 58.7 Å². The Morgan fingerprint density at radius 3 is 2.23 bits per heavy atom. The lowest BCUT2D eigenvalue weighted by molar-refractivity contribution is -0.138. The molecular weight excluding hydrogens is 399 g/mol. The van der Waals surface area contributed by atoms with Crippen LogP contribution in [-0.4, -0.2) is 22.5 Å². The molecule has 2 rings (SSSR count). The van der Waals surface area contributed by atoms with E-state index in [1.165, 1.54) is 19.9 Å². The van der Waals surface area contributed by atoms with Gasteiger partial charge in [-0.2, -0.15) is 18.4 Å². The van der Waals surface area contributed by atoms with Crippen LogP contribution < -0.4 is 10.6 Å². The third kappa shape index (κ3) is 5.58. The van der Waals surface area contributed by atoms with Crippen LogP contribution in [0, 0.1) is 18.3 Å². The largest absolute Gasteiger partial charge is 0.417 e. The van der Waals surface area contributed by atoms with Gasteiger partial charge in [-0.1, -0.05) is 6.07 Å². The molecule has 0 aliphatic heterocycles. The Bertz CT molecular complexity index is 1020. The lowest BCUT2D eigenvalue weighted by atomic mass is 9.92. The number of carbonyl (C=O) groups excluding carboxylic acids is 2. The van der Waals surface area contributed by atoms with Crippen LogP contribution in [0.25, 0.3) is 0 Å². The summed E-state index contributed by atoms with van der Waals surface area (Å²) in [6, 6.07) is 9.18. The van der Waals surface area contributed by atoms with Crippen LogP contribution in [0.1, 0.15) is 36.1 Å². The normalized spacial score (nSPS) is 13.1. The van der Waals surface area contributed by atoms with Gasteiger partial charge in [0.05, 0.1) is 17.2 Å². The number of nitrogens with one attached hydrogen (secondary N) is 2. The van der Waals surface area contributed by atoms with E-state index in [-0.39, 0.29) is 18.0 Å². The van der Waals surface area contributed by atoms with Gasteiger partial charge in [0.2, 0.25) is 5.91 Å². The molecule has 0 saturated carbocycles. The second-order valence-corrected chi connectivity index (χ2v) is 7.10. The quantitative estimate of drug-likeness (QED) is 0.686. The summed E-state index contributed by atoms with van der Waals surface area (Å²) in [5.74, 6) is -1.14. The number of amides is 2. The molecule has 0 radical (unpaired) electrons. The number of nitriles is 1. The maximum atomic E-state index is 13.1. The van der Waals surface area contributed by atoms with E-state index in [0.717, 1.165) is 12.1 Å². The van der Waals surface area contributed by atoms with E-state index >= 15 is 0 Å². The average Bonchev–Trinajstić information content (AvgIpc) is 2.62. The predicted molar refractivity (Wildman–Crippen MR) is 105 cm³/mol. The van der Waals surface area contributed by atoms with Crippen molar-refractivity contribution in [2.45, 2.75) is 39.0 Å². The Morgan fingerprint density at radius 1 is 1.10 bits per heavy atom. The Morgan fingerprint density at radius 2 is 1.70 bits per heavy atom. The van der Waals surface area contributed by atoms with Crippen LogP contribution in [0.4, 0.5) is 24.5 Å². The van der Waals surface area contributed by atoms with Gasteiger partial charge in [0.1, 0.15) is 5.60 Å². The van der Waals surface area contributed by atoms with E-state index in [0.29, 0.717) is 22.9 Å². The molecule has 0 fully saturated rings. The van der Waals surface area contributed by atoms with Crippen LogP contribution in [0.2, 0.25) is 0 Å². The molecule has 30 heavy (non-hydrogen) atoms. The summed E-state index contributed by atoms with van der Waals surface area (Å²) in [4.78, 5) is 23.6. The maximum Gasteiger partial charge on any atom is 0.417 e. The number of aliphatic hydroxyl groups is 1. The van der Waals surface area contributed by atoms with Crippen molar-refractivity contribution in [1.82, 2.24) is 0 Å². The third-order valence-corrected chi connectivity index (χ3v) is 4.39. The summed E-state index contributed by atoms with van der Waals surface area (Å²) >= 11 is 0. The summed E-state index contributed by atoms with van der Waals surface area (Å²) in [5.41, 5.74) is -1.96. The molecule has 0 heterocycles. The Kier molecular flexibility index (Phi) is 6.53. The molecule has 2 amide bonds.